The molecule has 0 bridgehead atoms. The average Bonchev–Trinajstić information content (AvgIpc) is 3.06. The summed E-state index contributed by atoms with van der Waals surface area (Å²) >= 11 is 0. The normalized spacial score (nSPS) is 12.4. The third kappa shape index (κ3) is 8.24. The quantitative estimate of drug-likeness (QED) is 0.451. The van der Waals surface area contributed by atoms with E-state index in [1.165, 1.54) is 0 Å². The highest BCUT2D eigenvalue weighted by Crippen LogP contribution is 2.30. The standard InChI is InChI=1S/C12H20O.C11H19NO.2CH4/c1-11(2,3)9-7-8-10(13-9)12(4,5)6;1-10(2,3)8-7-12-9(13-8)11(4,5)6;;/h7-8H,1-6H3;7H,1-6H3;2*1H4. The molecular weight excluding hydrogens is 346 g/mol. The van der Waals surface area contributed by atoms with Gasteiger partial charge in [-0.15, -0.1) is 0 Å². The lowest BCUT2D eigenvalue weighted by molar-refractivity contribution is 0.335. The first-order chi connectivity index (χ1) is 11.4. The zero-order valence-electron chi connectivity index (χ0n) is 19.0. The Balaban J connectivity index is 0. The molecule has 164 valence electrons. The summed E-state index contributed by atoms with van der Waals surface area (Å²) in [5.41, 5.74) is 0.285. The maximum absolute atomic E-state index is 5.81. The largest absolute Gasteiger partial charge is 0.465 e. The van der Waals surface area contributed by atoms with E-state index in [1.54, 1.807) is 0 Å². The third-order valence-electron chi connectivity index (χ3n) is 3.97. The summed E-state index contributed by atoms with van der Waals surface area (Å²) < 4.78 is 11.5. The fraction of sp³-hybridized carbons (Fsp3) is 0.720. The second-order valence-corrected chi connectivity index (χ2v) is 11.2. The molecule has 0 spiro atoms. The monoisotopic (exact) mass is 393 g/mol. The first-order valence-electron chi connectivity index (χ1n) is 9.50. The fourth-order valence-corrected chi connectivity index (χ4v) is 2.11. The maximum Gasteiger partial charge on any atom is 0.199 e. The van der Waals surface area contributed by atoms with E-state index in [4.69, 9.17) is 8.83 Å². The van der Waals surface area contributed by atoms with Crippen LogP contribution in [0.3, 0.4) is 0 Å². The minimum absolute atomic E-state index is 0. The molecule has 0 aromatic carbocycles. The highest BCUT2D eigenvalue weighted by Gasteiger charge is 2.25. The van der Waals surface area contributed by atoms with Crippen molar-refractivity contribution < 1.29 is 8.83 Å². The van der Waals surface area contributed by atoms with Crippen LogP contribution in [-0.2, 0) is 21.7 Å². The molecule has 0 aliphatic heterocycles. The molecule has 0 amide bonds. The van der Waals surface area contributed by atoms with E-state index < -0.39 is 0 Å². The molecule has 0 saturated carbocycles. The molecule has 3 nitrogen and oxygen atoms in total. The van der Waals surface area contributed by atoms with E-state index in [1.807, 2.05) is 6.20 Å². The van der Waals surface area contributed by atoms with E-state index in [0.29, 0.717) is 0 Å². The highest BCUT2D eigenvalue weighted by atomic mass is 16.4. The second kappa shape index (κ2) is 9.33. The van der Waals surface area contributed by atoms with Crippen molar-refractivity contribution in [3.63, 3.8) is 0 Å². The van der Waals surface area contributed by atoms with Gasteiger partial charge in [-0.3, -0.25) is 0 Å². The molecule has 3 heteroatoms. The summed E-state index contributed by atoms with van der Waals surface area (Å²) in [7, 11) is 0. The molecule has 0 radical (unpaired) electrons. The Morgan fingerprint density at radius 2 is 0.893 bits per heavy atom. The van der Waals surface area contributed by atoms with Gasteiger partial charge in [-0.2, -0.15) is 0 Å². The lowest BCUT2D eigenvalue weighted by atomic mass is 9.93. The summed E-state index contributed by atoms with van der Waals surface area (Å²) in [4.78, 5) is 4.29. The second-order valence-electron chi connectivity index (χ2n) is 11.2. The average molecular weight is 394 g/mol. The van der Waals surface area contributed by atoms with Crippen LogP contribution in [0.15, 0.2) is 27.2 Å². The van der Waals surface area contributed by atoms with E-state index >= 15 is 0 Å². The van der Waals surface area contributed by atoms with Gasteiger partial charge >= 0.3 is 0 Å². The summed E-state index contributed by atoms with van der Waals surface area (Å²) in [5, 5.41) is 0. The molecule has 0 atom stereocenters. The number of furan rings is 1. The van der Waals surface area contributed by atoms with Gasteiger partial charge in [0.25, 0.3) is 0 Å². The van der Waals surface area contributed by atoms with E-state index in [2.05, 4.69) is 100 Å². The Bertz CT molecular complexity index is 573. The predicted molar refractivity (Wildman–Crippen MR) is 123 cm³/mol. The Kier molecular flexibility index (Phi) is 9.56. The third-order valence-corrected chi connectivity index (χ3v) is 3.97. The molecule has 0 saturated heterocycles. The molecule has 2 aromatic rings. The smallest absolute Gasteiger partial charge is 0.199 e. The zero-order chi connectivity index (χ0) is 20.6. The Labute approximate surface area is 175 Å². The SMILES string of the molecule is C.C.CC(C)(C)c1ccc(C(C)(C)C)o1.CC(C)(C)c1cnc(C(C)(C)C)o1. The molecule has 0 aliphatic rings. The number of hydrogen-bond donors (Lipinski definition) is 0. The van der Waals surface area contributed by atoms with E-state index in [0.717, 1.165) is 23.2 Å². The number of aromatic nitrogens is 1. The molecule has 2 aromatic heterocycles. The van der Waals surface area contributed by atoms with Gasteiger partial charge in [0.1, 0.15) is 17.3 Å². The van der Waals surface area contributed by atoms with Crippen molar-refractivity contribution in [2.45, 2.75) is 120 Å². The molecule has 0 N–H and O–H groups in total. The van der Waals surface area contributed by atoms with Gasteiger partial charge in [0.2, 0.25) is 0 Å². The Morgan fingerprint density at radius 3 is 1.07 bits per heavy atom. The molecule has 0 unspecified atom stereocenters. The van der Waals surface area contributed by atoms with Crippen LogP contribution < -0.4 is 0 Å². The van der Waals surface area contributed by atoms with Crippen molar-refractivity contribution in [1.29, 1.82) is 0 Å². The van der Waals surface area contributed by atoms with Crippen LogP contribution in [0.25, 0.3) is 0 Å². The van der Waals surface area contributed by atoms with Gasteiger partial charge in [-0.1, -0.05) is 97.9 Å². The Morgan fingerprint density at radius 1 is 0.536 bits per heavy atom. The Hall–Kier alpha value is -1.51. The van der Waals surface area contributed by atoms with Crippen LogP contribution in [0.5, 0.6) is 0 Å². The lowest BCUT2D eigenvalue weighted by Gasteiger charge is -2.17. The minimum atomic E-state index is 0. The number of oxazole rings is 1. The minimum Gasteiger partial charge on any atom is -0.465 e. The molecule has 28 heavy (non-hydrogen) atoms. The molecule has 0 fully saturated rings. The van der Waals surface area contributed by atoms with Crippen LogP contribution in [0.2, 0.25) is 0 Å². The van der Waals surface area contributed by atoms with Gasteiger partial charge in [0.15, 0.2) is 5.89 Å². The van der Waals surface area contributed by atoms with Gasteiger partial charge in [-0.25, -0.2) is 4.98 Å². The van der Waals surface area contributed by atoms with Crippen LogP contribution in [0.1, 0.15) is 121 Å². The van der Waals surface area contributed by atoms with Gasteiger partial charge in [-0.05, 0) is 12.1 Å². The van der Waals surface area contributed by atoms with Gasteiger partial charge in [0, 0.05) is 21.7 Å². The molecule has 2 heterocycles. The number of rotatable bonds is 0. The van der Waals surface area contributed by atoms with Crippen molar-refractivity contribution in [1.82, 2.24) is 4.98 Å². The molecule has 2 rings (SSSR count). The molecular formula is C25H47NO2. The van der Waals surface area contributed by atoms with Crippen molar-refractivity contribution in [2.75, 3.05) is 0 Å². The predicted octanol–water partition coefficient (Wildman–Crippen LogP) is 8.42. The van der Waals surface area contributed by atoms with Crippen LogP contribution in [0.4, 0.5) is 0 Å². The summed E-state index contributed by atoms with van der Waals surface area (Å²) in [5.74, 6) is 3.91. The number of hydrogen-bond acceptors (Lipinski definition) is 3. The summed E-state index contributed by atoms with van der Waals surface area (Å²) in [6.07, 6.45) is 1.83. The topological polar surface area (TPSA) is 39.2 Å². The molecule has 0 aliphatic carbocycles. The first kappa shape index (κ1) is 28.7. The van der Waals surface area contributed by atoms with Gasteiger partial charge < -0.3 is 8.83 Å². The van der Waals surface area contributed by atoms with Crippen molar-refractivity contribution in [2.24, 2.45) is 0 Å². The number of nitrogens with zero attached hydrogens (tertiary/aromatic N) is 1. The van der Waals surface area contributed by atoms with Crippen molar-refractivity contribution >= 4 is 0 Å². The highest BCUT2D eigenvalue weighted by molar-refractivity contribution is 5.18. The van der Waals surface area contributed by atoms with E-state index in [9.17, 15) is 0 Å². The lowest BCUT2D eigenvalue weighted by Crippen LogP contribution is -2.12. The maximum atomic E-state index is 5.81. The van der Waals surface area contributed by atoms with Crippen LogP contribution >= 0.6 is 0 Å². The van der Waals surface area contributed by atoms with Crippen LogP contribution in [-0.4, -0.2) is 4.98 Å². The zero-order valence-corrected chi connectivity index (χ0v) is 19.0. The van der Waals surface area contributed by atoms with E-state index in [-0.39, 0.29) is 36.5 Å². The summed E-state index contributed by atoms with van der Waals surface area (Å²) in [6.45, 7) is 25.7. The van der Waals surface area contributed by atoms with Crippen molar-refractivity contribution in [3.05, 3.63) is 41.5 Å². The van der Waals surface area contributed by atoms with Crippen molar-refractivity contribution in [3.8, 4) is 0 Å². The summed E-state index contributed by atoms with van der Waals surface area (Å²) in [6, 6.07) is 4.17. The van der Waals surface area contributed by atoms with Crippen LogP contribution in [0, 0.1) is 0 Å². The first-order valence-corrected chi connectivity index (χ1v) is 9.50. The fourth-order valence-electron chi connectivity index (χ4n) is 2.11. The van der Waals surface area contributed by atoms with Gasteiger partial charge in [0.05, 0.1) is 6.20 Å².